The van der Waals surface area contributed by atoms with E-state index in [4.69, 9.17) is 4.74 Å². The number of rotatable bonds is 7. The van der Waals surface area contributed by atoms with Crippen molar-refractivity contribution in [3.05, 3.63) is 29.6 Å². The van der Waals surface area contributed by atoms with Gasteiger partial charge < -0.3 is 14.4 Å². The van der Waals surface area contributed by atoms with Gasteiger partial charge in [-0.2, -0.15) is 0 Å². The van der Waals surface area contributed by atoms with Crippen molar-refractivity contribution >= 4 is 17.0 Å². The number of para-hydroxylation sites is 1. The van der Waals surface area contributed by atoms with Gasteiger partial charge in [0.1, 0.15) is 5.82 Å². The average molecular weight is 290 g/mol. The number of aromatic carboxylic acids is 1. The van der Waals surface area contributed by atoms with Crippen LogP contribution >= 0.6 is 0 Å². The summed E-state index contributed by atoms with van der Waals surface area (Å²) in [5, 5.41) is 9.33. The van der Waals surface area contributed by atoms with Crippen LogP contribution in [0.25, 0.3) is 11.0 Å². The van der Waals surface area contributed by atoms with Crippen LogP contribution in [0.4, 0.5) is 0 Å². The van der Waals surface area contributed by atoms with Gasteiger partial charge in [0, 0.05) is 13.2 Å². The zero-order chi connectivity index (χ0) is 15.4. The van der Waals surface area contributed by atoms with E-state index in [0.29, 0.717) is 11.1 Å². The molecule has 0 aliphatic carbocycles. The lowest BCUT2D eigenvalue weighted by Gasteiger charge is -2.10. The molecule has 2 aromatic rings. The summed E-state index contributed by atoms with van der Waals surface area (Å²) in [6.45, 7) is 7.44. The van der Waals surface area contributed by atoms with E-state index in [1.54, 1.807) is 12.1 Å². The zero-order valence-electron chi connectivity index (χ0n) is 12.8. The molecule has 0 spiro atoms. The Bertz CT molecular complexity index is 632. The maximum absolute atomic E-state index is 11.4. The molecule has 21 heavy (non-hydrogen) atoms. The first-order chi connectivity index (χ1) is 10.0. The van der Waals surface area contributed by atoms with E-state index >= 15 is 0 Å². The molecule has 2 rings (SSSR count). The highest BCUT2D eigenvalue weighted by Gasteiger charge is 2.15. The number of benzene rings is 1. The minimum atomic E-state index is -0.912. The number of nitrogens with zero attached hydrogens (tertiary/aromatic N) is 2. The zero-order valence-corrected chi connectivity index (χ0v) is 12.8. The van der Waals surface area contributed by atoms with Crippen LogP contribution < -0.4 is 0 Å². The number of unbranched alkanes of at least 4 members (excludes halogenated alkanes) is 1. The first-order valence-electron chi connectivity index (χ1n) is 7.31. The minimum absolute atomic E-state index is 0.249. The van der Waals surface area contributed by atoms with Crippen molar-refractivity contribution in [1.82, 2.24) is 9.55 Å². The van der Waals surface area contributed by atoms with Crippen LogP contribution in [0.15, 0.2) is 18.2 Å². The maximum atomic E-state index is 11.4. The number of aromatic nitrogens is 2. The molecular weight excluding hydrogens is 268 g/mol. The fraction of sp³-hybridized carbons (Fsp3) is 0.500. The topological polar surface area (TPSA) is 64.3 Å². The molecule has 0 bridgehead atoms. The smallest absolute Gasteiger partial charge is 0.337 e. The summed E-state index contributed by atoms with van der Waals surface area (Å²) in [6.07, 6.45) is 2.14. The van der Waals surface area contributed by atoms with Crippen LogP contribution in [-0.2, 0) is 11.3 Å². The van der Waals surface area contributed by atoms with E-state index in [1.807, 2.05) is 31.4 Å². The summed E-state index contributed by atoms with van der Waals surface area (Å²) in [5.41, 5.74) is 1.77. The second-order valence-electron chi connectivity index (χ2n) is 5.42. The van der Waals surface area contributed by atoms with Gasteiger partial charge in [0.15, 0.2) is 0 Å². The molecule has 1 N–H and O–H groups in total. The van der Waals surface area contributed by atoms with E-state index < -0.39 is 5.97 Å². The van der Waals surface area contributed by atoms with E-state index in [2.05, 4.69) is 4.98 Å². The van der Waals surface area contributed by atoms with Crippen molar-refractivity contribution in [2.75, 3.05) is 6.61 Å². The third kappa shape index (κ3) is 3.61. The molecule has 0 saturated heterocycles. The Morgan fingerprint density at radius 1 is 1.38 bits per heavy atom. The lowest BCUT2D eigenvalue weighted by atomic mass is 10.2. The number of carbonyl (C=O) groups is 1. The van der Waals surface area contributed by atoms with Gasteiger partial charge in [-0.05, 0) is 45.7 Å². The summed E-state index contributed by atoms with van der Waals surface area (Å²) in [5.74, 6) is -0.0617. The molecular formula is C16H22N2O3. The number of ether oxygens (including phenoxy) is 1. The lowest BCUT2D eigenvalue weighted by molar-refractivity contribution is 0.0697. The van der Waals surface area contributed by atoms with Gasteiger partial charge in [0.05, 0.1) is 22.7 Å². The molecule has 0 radical (unpaired) electrons. The Kier molecular flexibility index (Phi) is 4.96. The van der Waals surface area contributed by atoms with Gasteiger partial charge in [0.25, 0.3) is 0 Å². The molecule has 0 aliphatic rings. The Morgan fingerprint density at radius 3 is 2.81 bits per heavy atom. The molecule has 1 aromatic carbocycles. The first-order valence-corrected chi connectivity index (χ1v) is 7.31. The number of fused-ring (bicyclic) bond motifs is 1. The molecule has 0 unspecified atom stereocenters. The monoisotopic (exact) mass is 290 g/mol. The molecule has 0 atom stereocenters. The van der Waals surface area contributed by atoms with E-state index in [9.17, 15) is 9.90 Å². The Morgan fingerprint density at radius 2 is 2.14 bits per heavy atom. The molecule has 1 heterocycles. The summed E-state index contributed by atoms with van der Waals surface area (Å²) >= 11 is 0. The van der Waals surface area contributed by atoms with Gasteiger partial charge >= 0.3 is 5.97 Å². The second-order valence-corrected chi connectivity index (χ2v) is 5.42. The predicted octanol–water partition coefficient (Wildman–Crippen LogP) is 3.25. The first kappa shape index (κ1) is 15.5. The molecule has 1 aromatic heterocycles. The standard InChI is InChI=1S/C16H22N2O3/c1-11(2)21-10-5-4-9-18-12(3)17-14-8-6-7-13(15(14)18)16(19)20/h6-8,11H,4-5,9-10H2,1-3H3,(H,19,20). The molecule has 0 saturated carbocycles. The van der Waals surface area contributed by atoms with Crippen molar-refractivity contribution in [2.45, 2.75) is 46.3 Å². The summed E-state index contributed by atoms with van der Waals surface area (Å²) in [6, 6.07) is 5.22. The van der Waals surface area contributed by atoms with Crippen molar-refractivity contribution in [1.29, 1.82) is 0 Å². The SMILES string of the molecule is Cc1nc2cccc(C(=O)O)c2n1CCCCOC(C)C. The van der Waals surface area contributed by atoms with Crippen LogP contribution in [-0.4, -0.2) is 33.3 Å². The molecule has 5 nitrogen and oxygen atoms in total. The van der Waals surface area contributed by atoms with E-state index in [1.165, 1.54) is 0 Å². The van der Waals surface area contributed by atoms with Gasteiger partial charge in [0.2, 0.25) is 0 Å². The normalized spacial score (nSPS) is 11.4. The van der Waals surface area contributed by atoms with Crippen LogP contribution in [0, 0.1) is 6.92 Å². The third-order valence-corrected chi connectivity index (χ3v) is 3.42. The molecule has 0 aliphatic heterocycles. The number of carboxylic acids is 1. The van der Waals surface area contributed by atoms with Crippen molar-refractivity contribution < 1.29 is 14.6 Å². The Balaban J connectivity index is 2.15. The van der Waals surface area contributed by atoms with Gasteiger partial charge in [-0.1, -0.05) is 6.07 Å². The van der Waals surface area contributed by atoms with Gasteiger partial charge in [-0.3, -0.25) is 0 Å². The van der Waals surface area contributed by atoms with E-state index in [0.717, 1.165) is 37.3 Å². The Hall–Kier alpha value is -1.88. The fourth-order valence-corrected chi connectivity index (χ4v) is 2.44. The quantitative estimate of drug-likeness (QED) is 0.795. The van der Waals surface area contributed by atoms with Crippen LogP contribution in [0.5, 0.6) is 0 Å². The average Bonchev–Trinajstić information content (AvgIpc) is 2.73. The maximum Gasteiger partial charge on any atom is 0.337 e. The number of imidazole rings is 1. The lowest BCUT2D eigenvalue weighted by Crippen LogP contribution is -2.08. The highest BCUT2D eigenvalue weighted by atomic mass is 16.5. The second kappa shape index (κ2) is 6.72. The molecule has 0 fully saturated rings. The van der Waals surface area contributed by atoms with Crippen molar-refractivity contribution in [3.8, 4) is 0 Å². The number of aryl methyl sites for hydroxylation is 2. The number of hydrogen-bond acceptors (Lipinski definition) is 3. The van der Waals surface area contributed by atoms with E-state index in [-0.39, 0.29) is 6.10 Å². The van der Waals surface area contributed by atoms with Crippen LogP contribution in [0.3, 0.4) is 0 Å². The minimum Gasteiger partial charge on any atom is -0.478 e. The van der Waals surface area contributed by atoms with Gasteiger partial charge in [-0.15, -0.1) is 0 Å². The highest BCUT2D eigenvalue weighted by Crippen LogP contribution is 2.21. The molecule has 114 valence electrons. The number of carboxylic acid groups (broad SMARTS) is 1. The molecule has 5 heteroatoms. The van der Waals surface area contributed by atoms with Crippen molar-refractivity contribution in [2.24, 2.45) is 0 Å². The van der Waals surface area contributed by atoms with Crippen LogP contribution in [0.1, 0.15) is 42.9 Å². The van der Waals surface area contributed by atoms with Crippen molar-refractivity contribution in [3.63, 3.8) is 0 Å². The van der Waals surface area contributed by atoms with Crippen LogP contribution in [0.2, 0.25) is 0 Å². The number of hydrogen-bond donors (Lipinski definition) is 1. The largest absolute Gasteiger partial charge is 0.478 e. The fourth-order valence-electron chi connectivity index (χ4n) is 2.44. The highest BCUT2D eigenvalue weighted by molar-refractivity contribution is 6.01. The van der Waals surface area contributed by atoms with Gasteiger partial charge in [-0.25, -0.2) is 9.78 Å². The summed E-state index contributed by atoms with van der Waals surface area (Å²) < 4.78 is 7.52. The summed E-state index contributed by atoms with van der Waals surface area (Å²) in [7, 11) is 0. The summed E-state index contributed by atoms with van der Waals surface area (Å²) in [4.78, 5) is 15.8. The predicted molar refractivity (Wildman–Crippen MR) is 81.8 cm³/mol. The third-order valence-electron chi connectivity index (χ3n) is 3.42. The Labute approximate surface area is 124 Å². The molecule has 0 amide bonds.